The van der Waals surface area contributed by atoms with Crippen molar-refractivity contribution in [2.45, 2.75) is 6.04 Å². The molecule has 0 bridgehead atoms. The van der Waals surface area contributed by atoms with Gasteiger partial charge < -0.3 is 10.1 Å². The van der Waals surface area contributed by atoms with Crippen molar-refractivity contribution in [3.63, 3.8) is 0 Å². The van der Waals surface area contributed by atoms with Gasteiger partial charge in [-0.15, -0.1) is 0 Å². The summed E-state index contributed by atoms with van der Waals surface area (Å²) in [4.78, 5) is 0. The third kappa shape index (κ3) is 1.89. The summed E-state index contributed by atoms with van der Waals surface area (Å²) in [6, 6.07) is 14.1. The Hall–Kier alpha value is -2.13. The molecule has 0 fully saturated rings. The highest BCUT2D eigenvalue weighted by molar-refractivity contribution is 5.52. The predicted molar refractivity (Wildman–Crippen MR) is 69.8 cm³/mol. The van der Waals surface area contributed by atoms with Gasteiger partial charge in [0.1, 0.15) is 5.82 Å². The Labute approximate surface area is 104 Å². The smallest absolute Gasteiger partial charge is 0.123 e. The van der Waals surface area contributed by atoms with E-state index in [-0.39, 0.29) is 11.9 Å². The largest absolute Gasteiger partial charge is 0.324 e. The van der Waals surface area contributed by atoms with Crippen LogP contribution in [-0.4, -0.2) is 4.40 Å². The van der Waals surface area contributed by atoms with E-state index in [2.05, 4.69) is 0 Å². The summed E-state index contributed by atoms with van der Waals surface area (Å²) < 4.78 is 15.2. The second-order valence-electron chi connectivity index (χ2n) is 4.34. The van der Waals surface area contributed by atoms with Crippen LogP contribution in [-0.2, 0) is 0 Å². The summed E-state index contributed by atoms with van der Waals surface area (Å²) in [5.74, 6) is -0.258. The average molecular weight is 240 g/mol. The number of nitrogens with two attached hydrogens (primary N) is 1. The van der Waals surface area contributed by atoms with Crippen LogP contribution in [0.2, 0.25) is 0 Å². The minimum atomic E-state index is -0.305. The number of aromatic nitrogens is 1. The molecule has 2 nitrogen and oxygen atoms in total. The summed E-state index contributed by atoms with van der Waals surface area (Å²) in [6.07, 6.45) is 3.95. The van der Waals surface area contributed by atoms with E-state index in [1.54, 1.807) is 6.07 Å². The molecule has 0 radical (unpaired) electrons. The number of hydrogen-bond donors (Lipinski definition) is 1. The second kappa shape index (κ2) is 4.27. The molecule has 0 spiro atoms. The molecule has 0 aliphatic heterocycles. The van der Waals surface area contributed by atoms with Crippen molar-refractivity contribution in [3.05, 3.63) is 77.9 Å². The molecule has 3 heteroatoms. The zero-order valence-electron chi connectivity index (χ0n) is 9.75. The van der Waals surface area contributed by atoms with E-state index in [0.29, 0.717) is 0 Å². The third-order valence-electron chi connectivity index (χ3n) is 3.09. The lowest BCUT2D eigenvalue weighted by molar-refractivity contribution is 0.623. The van der Waals surface area contributed by atoms with Gasteiger partial charge in [0.25, 0.3) is 0 Å². The Morgan fingerprint density at radius 2 is 1.89 bits per heavy atom. The third-order valence-corrected chi connectivity index (χ3v) is 3.09. The quantitative estimate of drug-likeness (QED) is 0.733. The normalized spacial score (nSPS) is 12.8. The number of nitrogens with zero attached hydrogens (tertiary/aromatic N) is 1. The van der Waals surface area contributed by atoms with Crippen molar-refractivity contribution in [1.29, 1.82) is 0 Å². The summed E-state index contributed by atoms with van der Waals surface area (Å²) in [5.41, 5.74) is 9.01. The molecule has 2 N–H and O–H groups in total. The van der Waals surface area contributed by atoms with Crippen LogP contribution in [0.1, 0.15) is 17.2 Å². The molecule has 0 saturated heterocycles. The molecular formula is C15H13FN2. The average Bonchev–Trinajstić information content (AvgIpc) is 2.81. The monoisotopic (exact) mass is 240 g/mol. The van der Waals surface area contributed by atoms with Gasteiger partial charge in [-0.3, -0.25) is 0 Å². The summed E-state index contributed by atoms with van der Waals surface area (Å²) >= 11 is 0. The van der Waals surface area contributed by atoms with Crippen LogP contribution in [0.4, 0.5) is 4.39 Å². The number of fused-ring (bicyclic) bond motifs is 1. The molecule has 3 aromatic rings. The fourth-order valence-corrected chi connectivity index (χ4v) is 2.14. The van der Waals surface area contributed by atoms with Gasteiger partial charge in [-0.25, -0.2) is 4.39 Å². The minimum Gasteiger partial charge on any atom is -0.324 e. The van der Waals surface area contributed by atoms with Crippen molar-refractivity contribution < 1.29 is 4.39 Å². The molecule has 18 heavy (non-hydrogen) atoms. The van der Waals surface area contributed by atoms with Gasteiger partial charge in [-0.1, -0.05) is 18.2 Å². The van der Waals surface area contributed by atoms with Crippen molar-refractivity contribution in [3.8, 4) is 0 Å². The molecule has 0 amide bonds. The van der Waals surface area contributed by atoms with E-state index in [1.165, 1.54) is 12.1 Å². The van der Waals surface area contributed by atoms with Crippen LogP contribution in [0.3, 0.4) is 0 Å². The molecule has 0 aliphatic carbocycles. The first-order valence-corrected chi connectivity index (χ1v) is 5.82. The first-order chi connectivity index (χ1) is 8.74. The van der Waals surface area contributed by atoms with Gasteiger partial charge in [-0.2, -0.15) is 0 Å². The molecule has 0 saturated carbocycles. The minimum absolute atomic E-state index is 0.258. The van der Waals surface area contributed by atoms with Crippen LogP contribution in [0.5, 0.6) is 0 Å². The molecule has 2 aromatic heterocycles. The summed E-state index contributed by atoms with van der Waals surface area (Å²) in [7, 11) is 0. The van der Waals surface area contributed by atoms with E-state index >= 15 is 0 Å². The fraction of sp³-hybridized carbons (Fsp3) is 0.0667. The Morgan fingerprint density at radius 3 is 2.67 bits per heavy atom. The van der Waals surface area contributed by atoms with Gasteiger partial charge in [0, 0.05) is 17.9 Å². The maximum absolute atomic E-state index is 13.2. The van der Waals surface area contributed by atoms with E-state index < -0.39 is 0 Å². The van der Waals surface area contributed by atoms with Crippen molar-refractivity contribution >= 4 is 5.52 Å². The van der Waals surface area contributed by atoms with E-state index in [4.69, 9.17) is 5.73 Å². The summed E-state index contributed by atoms with van der Waals surface area (Å²) in [6.45, 7) is 0. The number of pyridine rings is 1. The highest BCUT2D eigenvalue weighted by Crippen LogP contribution is 2.22. The van der Waals surface area contributed by atoms with E-state index in [9.17, 15) is 4.39 Å². The van der Waals surface area contributed by atoms with Gasteiger partial charge in [0.05, 0.1) is 6.04 Å². The number of benzene rings is 1. The standard InChI is InChI=1S/C15H13FN2/c16-13-5-3-4-11(8-13)15(17)12-9-14-6-1-2-7-18(14)10-12/h1-10,15H,17H2. The molecule has 1 unspecified atom stereocenters. The van der Waals surface area contributed by atoms with Gasteiger partial charge in [0.2, 0.25) is 0 Å². The Kier molecular flexibility index (Phi) is 2.61. The SMILES string of the molecule is NC(c1cccc(F)c1)c1cc2ccccn2c1. The molecule has 3 rings (SSSR count). The lowest BCUT2D eigenvalue weighted by atomic mass is 10.0. The maximum atomic E-state index is 13.2. The van der Waals surface area contributed by atoms with Crippen LogP contribution in [0, 0.1) is 5.82 Å². The molecule has 1 atom stereocenters. The topological polar surface area (TPSA) is 30.4 Å². The molecule has 90 valence electrons. The molecule has 1 aromatic carbocycles. The lowest BCUT2D eigenvalue weighted by Crippen LogP contribution is -2.11. The van der Waals surface area contributed by atoms with Gasteiger partial charge in [0.15, 0.2) is 0 Å². The van der Waals surface area contributed by atoms with E-state index in [1.807, 2.05) is 47.1 Å². The molecule has 2 heterocycles. The lowest BCUT2D eigenvalue weighted by Gasteiger charge is -2.09. The molecular weight excluding hydrogens is 227 g/mol. The number of halogens is 1. The van der Waals surface area contributed by atoms with Crippen LogP contribution >= 0.6 is 0 Å². The van der Waals surface area contributed by atoms with Crippen LogP contribution in [0.25, 0.3) is 5.52 Å². The van der Waals surface area contributed by atoms with Gasteiger partial charge >= 0.3 is 0 Å². The number of rotatable bonds is 2. The first kappa shape index (κ1) is 11.0. The second-order valence-corrected chi connectivity index (χ2v) is 4.34. The Balaban J connectivity index is 2.03. The molecule has 0 aliphatic rings. The van der Waals surface area contributed by atoms with Crippen LogP contribution < -0.4 is 5.73 Å². The first-order valence-electron chi connectivity index (χ1n) is 5.82. The predicted octanol–water partition coefficient (Wildman–Crippen LogP) is 3.13. The highest BCUT2D eigenvalue weighted by atomic mass is 19.1. The van der Waals surface area contributed by atoms with Crippen molar-refractivity contribution in [2.75, 3.05) is 0 Å². The van der Waals surface area contributed by atoms with Crippen molar-refractivity contribution in [1.82, 2.24) is 4.40 Å². The fourth-order valence-electron chi connectivity index (χ4n) is 2.14. The zero-order chi connectivity index (χ0) is 12.5. The zero-order valence-corrected chi connectivity index (χ0v) is 9.75. The van der Waals surface area contributed by atoms with Crippen LogP contribution in [0.15, 0.2) is 60.9 Å². The summed E-state index contributed by atoms with van der Waals surface area (Å²) in [5, 5.41) is 0. The van der Waals surface area contributed by atoms with Gasteiger partial charge in [-0.05, 0) is 41.5 Å². The Bertz CT molecular complexity index is 655. The van der Waals surface area contributed by atoms with Crippen molar-refractivity contribution in [2.24, 2.45) is 5.73 Å². The maximum Gasteiger partial charge on any atom is 0.123 e. The van der Waals surface area contributed by atoms with E-state index in [0.717, 1.165) is 16.6 Å². The Morgan fingerprint density at radius 1 is 1.00 bits per heavy atom. The number of hydrogen-bond acceptors (Lipinski definition) is 1. The highest BCUT2D eigenvalue weighted by Gasteiger charge is 2.11.